The molecule has 0 aliphatic rings. The van der Waals surface area contributed by atoms with Crippen molar-refractivity contribution in [2.45, 2.75) is 19.8 Å². The van der Waals surface area contributed by atoms with E-state index in [0.717, 1.165) is 22.9 Å². The van der Waals surface area contributed by atoms with Gasteiger partial charge in [-0.2, -0.15) is 8.78 Å². The molecule has 0 spiro atoms. The van der Waals surface area contributed by atoms with Gasteiger partial charge in [-0.05, 0) is 36.5 Å². The maximum atomic E-state index is 13.3. The number of halogens is 3. The second-order valence-corrected chi connectivity index (χ2v) is 5.94. The molecule has 0 saturated carbocycles. The minimum Gasteiger partial charge on any atom is -0.324 e. The smallest absolute Gasteiger partial charge is 0.324 e. The molecule has 0 bridgehead atoms. The van der Waals surface area contributed by atoms with Crippen molar-refractivity contribution in [2.24, 2.45) is 9.98 Å². The molecule has 0 fully saturated rings. The highest BCUT2D eigenvalue weighted by Crippen LogP contribution is 2.26. The summed E-state index contributed by atoms with van der Waals surface area (Å²) < 4.78 is 39.0. The zero-order valence-corrected chi connectivity index (χ0v) is 14.2. The number of nitrogens with zero attached hydrogens (tertiary/aromatic N) is 3. The summed E-state index contributed by atoms with van der Waals surface area (Å²) in [7, 11) is 1.42. The summed E-state index contributed by atoms with van der Waals surface area (Å²) in [6, 6.07) is 5.64. The van der Waals surface area contributed by atoms with Gasteiger partial charge in [0.1, 0.15) is 4.88 Å². The van der Waals surface area contributed by atoms with Gasteiger partial charge in [-0.15, -0.1) is 0 Å². The van der Waals surface area contributed by atoms with E-state index in [4.69, 9.17) is 0 Å². The molecule has 0 amide bonds. The van der Waals surface area contributed by atoms with Gasteiger partial charge in [-0.3, -0.25) is 4.99 Å². The van der Waals surface area contributed by atoms with Crippen LogP contribution in [0.15, 0.2) is 34.4 Å². The van der Waals surface area contributed by atoms with Crippen molar-refractivity contribution < 1.29 is 18.2 Å². The highest BCUT2D eigenvalue weighted by Gasteiger charge is 2.33. The lowest BCUT2D eigenvalue weighted by Gasteiger charge is -2.13. The second-order valence-electron chi connectivity index (χ2n) is 5.11. The fraction of sp³-hybridized carbons (Fsp3) is 0.312. The van der Waals surface area contributed by atoms with E-state index >= 15 is 0 Å². The molecule has 1 aromatic heterocycles. The summed E-state index contributed by atoms with van der Waals surface area (Å²) >= 11 is 1.37. The van der Waals surface area contributed by atoms with E-state index < -0.39 is 18.3 Å². The Morgan fingerprint density at radius 1 is 1.38 bits per heavy atom. The Morgan fingerprint density at radius 2 is 2.12 bits per heavy atom. The lowest BCUT2D eigenvalue weighted by Crippen LogP contribution is -2.30. The van der Waals surface area contributed by atoms with Crippen molar-refractivity contribution in [3.05, 3.63) is 35.5 Å². The van der Waals surface area contributed by atoms with E-state index in [1.54, 1.807) is 6.20 Å². The number of aliphatic imine (C=N–C) groups is 2. The van der Waals surface area contributed by atoms with Crippen LogP contribution in [-0.4, -0.2) is 31.3 Å². The number of aryl methyl sites for hydroxylation is 1. The first-order valence-electron chi connectivity index (χ1n) is 7.03. The number of hydrogen-bond donors (Lipinski definition) is 1. The Bertz CT molecular complexity index is 755. The number of guanidine groups is 1. The number of nitrogens with one attached hydrogen (secondary N) is 1. The highest BCUT2D eigenvalue weighted by atomic mass is 32.1. The Morgan fingerprint density at radius 3 is 2.71 bits per heavy atom. The van der Waals surface area contributed by atoms with Crippen LogP contribution in [0.4, 0.5) is 18.9 Å². The molecule has 1 aromatic carbocycles. The van der Waals surface area contributed by atoms with Gasteiger partial charge in [0.25, 0.3) is 0 Å². The van der Waals surface area contributed by atoms with Crippen LogP contribution in [0.5, 0.6) is 0 Å². The average Bonchev–Trinajstić information content (AvgIpc) is 3.08. The van der Waals surface area contributed by atoms with Crippen molar-refractivity contribution in [3.8, 4) is 10.4 Å². The minimum atomic E-state index is -3.60. The third-order valence-corrected chi connectivity index (χ3v) is 3.95. The number of benzene rings is 1. The SMILES string of the molecule is CN=C(N=C(C)C(F)(F)CF)Nc1cc(C)cc(-c2c[n+]#cs2)c1. The fourth-order valence-electron chi connectivity index (χ4n) is 1.92. The number of alkyl halides is 3. The zero-order chi connectivity index (χ0) is 17.7. The Kier molecular flexibility index (Phi) is 5.57. The number of rotatable bonds is 4. The van der Waals surface area contributed by atoms with E-state index in [0.29, 0.717) is 5.69 Å². The maximum Gasteiger partial charge on any atom is 0.382 e. The molecule has 2 aromatic rings. The molecule has 8 heteroatoms. The lowest BCUT2D eigenvalue weighted by molar-refractivity contribution is -0.288. The highest BCUT2D eigenvalue weighted by molar-refractivity contribution is 7.12. The van der Waals surface area contributed by atoms with Crippen LogP contribution >= 0.6 is 11.3 Å². The first-order chi connectivity index (χ1) is 11.4. The number of hydrogen-bond acceptors (Lipinski definition) is 2. The topological polar surface area (TPSA) is 50.9 Å². The molecule has 24 heavy (non-hydrogen) atoms. The number of anilines is 1. The summed E-state index contributed by atoms with van der Waals surface area (Å²) in [4.78, 5) is 12.4. The van der Waals surface area contributed by atoms with Gasteiger partial charge in [0.2, 0.25) is 5.96 Å². The predicted octanol–water partition coefficient (Wildman–Crippen LogP) is 3.59. The molecule has 2 rings (SSSR count). The van der Waals surface area contributed by atoms with E-state index in [1.165, 1.54) is 18.4 Å². The molecular formula is C16H16F3N4S+. The molecular weight excluding hydrogens is 337 g/mol. The molecule has 126 valence electrons. The first kappa shape index (κ1) is 17.9. The first-order valence-corrected chi connectivity index (χ1v) is 7.84. The van der Waals surface area contributed by atoms with Crippen LogP contribution in [0.1, 0.15) is 12.5 Å². The molecule has 1 heterocycles. The standard InChI is InChI=1S/C16H16F3N4S/c1-10-4-12(14-7-21-9-24-14)6-13(5-10)23-15(20-3)22-11(2)16(18,19)8-17/h4-7H,8H2,1-3H3,(H,20,23)/q+1. The van der Waals surface area contributed by atoms with Crippen LogP contribution in [0, 0.1) is 12.4 Å². The Balaban J connectivity index is 2.28. The quantitative estimate of drug-likeness (QED) is 0.675. The molecule has 0 aliphatic heterocycles. The van der Waals surface area contributed by atoms with E-state index in [1.807, 2.05) is 25.1 Å². The molecule has 0 aliphatic carbocycles. The van der Waals surface area contributed by atoms with Crippen molar-refractivity contribution in [1.29, 1.82) is 0 Å². The van der Waals surface area contributed by atoms with Gasteiger partial charge < -0.3 is 5.32 Å². The van der Waals surface area contributed by atoms with Crippen LogP contribution in [0.3, 0.4) is 0 Å². The molecule has 1 N–H and O–H groups in total. The van der Waals surface area contributed by atoms with Crippen LogP contribution in [0.2, 0.25) is 0 Å². The minimum absolute atomic E-state index is 0.0203. The van der Waals surface area contributed by atoms with Crippen LogP contribution < -0.4 is 10.3 Å². The van der Waals surface area contributed by atoms with Gasteiger partial charge in [0, 0.05) is 29.6 Å². The van der Waals surface area contributed by atoms with Crippen molar-refractivity contribution in [1.82, 2.24) is 0 Å². The zero-order valence-electron chi connectivity index (χ0n) is 13.4. The summed E-state index contributed by atoms with van der Waals surface area (Å²) in [5, 5.41) is 2.88. The van der Waals surface area contributed by atoms with E-state index in [-0.39, 0.29) is 5.96 Å². The van der Waals surface area contributed by atoms with Gasteiger partial charge in [-0.1, -0.05) is 6.07 Å². The van der Waals surface area contributed by atoms with Gasteiger partial charge in [0.15, 0.2) is 6.67 Å². The summed E-state index contributed by atoms with van der Waals surface area (Å²) in [6.45, 7) is 1.19. The van der Waals surface area contributed by atoms with E-state index in [9.17, 15) is 13.2 Å². The summed E-state index contributed by atoms with van der Waals surface area (Å²) in [5.41, 5.74) is 4.66. The van der Waals surface area contributed by atoms with Crippen molar-refractivity contribution in [3.63, 3.8) is 0 Å². The molecule has 0 radical (unpaired) electrons. The third kappa shape index (κ3) is 4.32. The van der Waals surface area contributed by atoms with Gasteiger partial charge in [0.05, 0.1) is 5.71 Å². The normalized spacial score (nSPS) is 12.9. The number of aromatic nitrogens is 1. The Hall–Kier alpha value is -2.40. The molecule has 4 nitrogen and oxygen atoms in total. The second kappa shape index (κ2) is 7.45. The van der Waals surface area contributed by atoms with Crippen molar-refractivity contribution in [2.75, 3.05) is 19.0 Å². The lowest BCUT2D eigenvalue weighted by atomic mass is 10.1. The van der Waals surface area contributed by atoms with Gasteiger partial charge in [-0.25, -0.2) is 9.38 Å². The molecule has 0 unspecified atom stereocenters. The third-order valence-electron chi connectivity index (χ3n) is 3.19. The molecule has 0 saturated heterocycles. The Labute approximate surface area is 142 Å². The summed E-state index contributed by atoms with van der Waals surface area (Å²) in [6.07, 6.45) is 1.70. The van der Waals surface area contributed by atoms with Crippen LogP contribution in [0.25, 0.3) is 10.4 Å². The van der Waals surface area contributed by atoms with Gasteiger partial charge >= 0.3 is 17.6 Å². The largest absolute Gasteiger partial charge is 0.382 e. The maximum absolute atomic E-state index is 13.3. The summed E-state index contributed by atoms with van der Waals surface area (Å²) in [5.74, 6) is -3.62. The van der Waals surface area contributed by atoms with Crippen LogP contribution in [-0.2, 0) is 0 Å². The average molecular weight is 353 g/mol. The van der Waals surface area contributed by atoms with Crippen molar-refractivity contribution >= 4 is 28.7 Å². The molecule has 0 atom stereocenters. The van der Waals surface area contributed by atoms with E-state index in [2.05, 4.69) is 25.8 Å². The fourth-order valence-corrected chi connectivity index (χ4v) is 2.46. The predicted molar refractivity (Wildman–Crippen MR) is 89.9 cm³/mol. The monoisotopic (exact) mass is 353 g/mol.